The van der Waals surface area contributed by atoms with E-state index >= 15 is 0 Å². The maximum Gasteiger partial charge on any atom is 0.225 e. The van der Waals surface area contributed by atoms with Crippen LogP contribution in [0.4, 0.5) is 11.8 Å². The zero-order valence-electron chi connectivity index (χ0n) is 13.3. The fraction of sp³-hybridized carbons (Fsp3) is 0.625. The summed E-state index contributed by atoms with van der Waals surface area (Å²) < 4.78 is 0. The van der Waals surface area contributed by atoms with Gasteiger partial charge in [-0.1, -0.05) is 20.8 Å². The lowest BCUT2D eigenvalue weighted by atomic mass is 9.75. The minimum atomic E-state index is 0.408. The van der Waals surface area contributed by atoms with E-state index in [0.29, 0.717) is 5.41 Å². The molecule has 0 atom stereocenters. The second kappa shape index (κ2) is 5.44. The van der Waals surface area contributed by atoms with Gasteiger partial charge in [-0.3, -0.25) is 0 Å². The Balaban J connectivity index is 1.86. The van der Waals surface area contributed by atoms with Gasteiger partial charge in [0.25, 0.3) is 0 Å². The number of piperidine rings is 1. The van der Waals surface area contributed by atoms with Crippen LogP contribution < -0.4 is 10.2 Å². The molecule has 1 N–H and O–H groups in total. The number of hydrogen-bond donors (Lipinski definition) is 1. The van der Waals surface area contributed by atoms with Crippen molar-refractivity contribution in [3.05, 3.63) is 11.4 Å². The van der Waals surface area contributed by atoms with E-state index in [2.05, 4.69) is 47.4 Å². The van der Waals surface area contributed by atoms with Crippen LogP contribution in [0.3, 0.4) is 0 Å². The van der Waals surface area contributed by atoms with Crippen LogP contribution in [-0.2, 0) is 0 Å². The highest BCUT2D eigenvalue weighted by atomic mass is 32.1. The lowest BCUT2D eigenvalue weighted by Gasteiger charge is -2.39. The van der Waals surface area contributed by atoms with Crippen molar-refractivity contribution in [2.75, 3.05) is 30.4 Å². The first-order valence-electron chi connectivity index (χ1n) is 7.67. The molecule has 3 rings (SSSR count). The summed E-state index contributed by atoms with van der Waals surface area (Å²) in [6.45, 7) is 9.25. The van der Waals surface area contributed by atoms with Gasteiger partial charge in [-0.2, -0.15) is 4.98 Å². The molecule has 0 aliphatic carbocycles. The Morgan fingerprint density at radius 3 is 2.57 bits per heavy atom. The summed E-state index contributed by atoms with van der Waals surface area (Å²) in [7, 11) is 1.88. The number of anilines is 2. The van der Waals surface area contributed by atoms with Crippen molar-refractivity contribution in [2.24, 2.45) is 11.3 Å². The molecule has 1 aliphatic rings. The van der Waals surface area contributed by atoms with Gasteiger partial charge < -0.3 is 10.2 Å². The van der Waals surface area contributed by atoms with Crippen LogP contribution in [0.1, 0.15) is 33.6 Å². The van der Waals surface area contributed by atoms with Crippen LogP contribution in [0.25, 0.3) is 10.2 Å². The molecule has 4 nitrogen and oxygen atoms in total. The maximum atomic E-state index is 4.71. The monoisotopic (exact) mass is 304 g/mol. The van der Waals surface area contributed by atoms with Crippen molar-refractivity contribution in [1.82, 2.24) is 9.97 Å². The minimum absolute atomic E-state index is 0.408. The molecule has 1 aliphatic heterocycles. The van der Waals surface area contributed by atoms with Crippen LogP contribution in [0.15, 0.2) is 11.4 Å². The molecule has 0 aromatic carbocycles. The Labute approximate surface area is 130 Å². The molecule has 21 heavy (non-hydrogen) atoms. The van der Waals surface area contributed by atoms with E-state index in [1.165, 1.54) is 18.2 Å². The second-order valence-corrected chi connectivity index (χ2v) is 7.78. The van der Waals surface area contributed by atoms with Gasteiger partial charge in [0.15, 0.2) is 0 Å². The molecule has 1 fully saturated rings. The van der Waals surface area contributed by atoms with Crippen molar-refractivity contribution in [1.29, 1.82) is 0 Å². The Bertz CT molecular complexity index is 621. The van der Waals surface area contributed by atoms with Gasteiger partial charge in [-0.25, -0.2) is 4.98 Å². The number of nitrogens with one attached hydrogen (secondary N) is 1. The molecule has 3 heterocycles. The van der Waals surface area contributed by atoms with E-state index in [1.807, 2.05) is 7.05 Å². The number of rotatable bonds is 2. The third-order valence-corrected chi connectivity index (χ3v) is 5.35. The van der Waals surface area contributed by atoms with Crippen LogP contribution in [-0.4, -0.2) is 30.1 Å². The van der Waals surface area contributed by atoms with E-state index in [4.69, 9.17) is 4.98 Å². The minimum Gasteiger partial charge on any atom is -0.357 e. The van der Waals surface area contributed by atoms with Crippen LogP contribution in [0, 0.1) is 11.3 Å². The Morgan fingerprint density at radius 2 is 1.95 bits per heavy atom. The zero-order chi connectivity index (χ0) is 15.0. The topological polar surface area (TPSA) is 41.1 Å². The molecule has 0 amide bonds. The Morgan fingerprint density at radius 1 is 1.24 bits per heavy atom. The Kier molecular flexibility index (Phi) is 3.78. The Hall–Kier alpha value is -1.36. The molecule has 2 aromatic rings. The molecular weight excluding hydrogens is 280 g/mol. The summed E-state index contributed by atoms with van der Waals surface area (Å²) in [5.74, 6) is 2.62. The van der Waals surface area contributed by atoms with E-state index in [9.17, 15) is 0 Å². The zero-order valence-corrected chi connectivity index (χ0v) is 14.1. The summed E-state index contributed by atoms with van der Waals surface area (Å²) in [5, 5.41) is 6.37. The molecule has 0 saturated carbocycles. The first kappa shape index (κ1) is 14.6. The highest BCUT2D eigenvalue weighted by molar-refractivity contribution is 7.16. The van der Waals surface area contributed by atoms with Gasteiger partial charge in [0.05, 0.1) is 5.39 Å². The van der Waals surface area contributed by atoms with Crippen LogP contribution >= 0.6 is 11.3 Å². The molecule has 0 radical (unpaired) electrons. The first-order chi connectivity index (χ1) is 9.99. The van der Waals surface area contributed by atoms with Crippen molar-refractivity contribution in [3.8, 4) is 0 Å². The van der Waals surface area contributed by atoms with Crippen LogP contribution in [0.2, 0.25) is 0 Å². The third kappa shape index (κ3) is 2.84. The lowest BCUT2D eigenvalue weighted by Crippen LogP contribution is -2.38. The van der Waals surface area contributed by atoms with Gasteiger partial charge >= 0.3 is 0 Å². The van der Waals surface area contributed by atoms with Crippen LogP contribution in [0.5, 0.6) is 0 Å². The average molecular weight is 304 g/mol. The summed E-state index contributed by atoms with van der Waals surface area (Å²) in [6, 6.07) is 2.14. The normalized spacial score (nSPS) is 17.4. The fourth-order valence-electron chi connectivity index (χ4n) is 3.15. The van der Waals surface area contributed by atoms with Crippen molar-refractivity contribution >= 4 is 33.3 Å². The molecule has 114 valence electrons. The van der Waals surface area contributed by atoms with Gasteiger partial charge in [-0.15, -0.1) is 11.3 Å². The van der Waals surface area contributed by atoms with E-state index in [0.717, 1.165) is 35.6 Å². The number of hydrogen-bond acceptors (Lipinski definition) is 5. The number of aromatic nitrogens is 2. The molecular formula is C16H24N4S. The van der Waals surface area contributed by atoms with E-state index in [1.54, 1.807) is 11.3 Å². The summed E-state index contributed by atoms with van der Waals surface area (Å²) >= 11 is 1.68. The van der Waals surface area contributed by atoms with E-state index < -0.39 is 0 Å². The summed E-state index contributed by atoms with van der Waals surface area (Å²) in [6.07, 6.45) is 2.49. The molecule has 0 bridgehead atoms. The average Bonchev–Trinajstić information content (AvgIpc) is 2.93. The van der Waals surface area contributed by atoms with Crippen molar-refractivity contribution in [2.45, 2.75) is 33.6 Å². The maximum absolute atomic E-state index is 4.71. The van der Waals surface area contributed by atoms with Crippen molar-refractivity contribution in [3.63, 3.8) is 0 Å². The fourth-order valence-corrected chi connectivity index (χ4v) is 3.91. The first-order valence-corrected chi connectivity index (χ1v) is 8.55. The number of fused-ring (bicyclic) bond motifs is 1. The van der Waals surface area contributed by atoms with Crippen molar-refractivity contribution < 1.29 is 0 Å². The molecule has 2 aromatic heterocycles. The predicted molar refractivity (Wildman–Crippen MR) is 91.4 cm³/mol. The molecule has 0 spiro atoms. The largest absolute Gasteiger partial charge is 0.357 e. The standard InChI is InChI=1S/C16H24N4S/c1-16(2,3)11-5-8-20(9-6-11)13-12-7-10-21-14(12)19-15(17-4)18-13/h7,10-11H,5-6,8-9H2,1-4H3,(H,17,18,19). The second-order valence-electron chi connectivity index (χ2n) is 6.89. The van der Waals surface area contributed by atoms with Gasteiger partial charge in [0.2, 0.25) is 5.95 Å². The molecule has 0 unspecified atom stereocenters. The molecule has 5 heteroatoms. The SMILES string of the molecule is CNc1nc(N2CCC(C(C)(C)C)CC2)c2ccsc2n1. The molecule has 1 saturated heterocycles. The smallest absolute Gasteiger partial charge is 0.225 e. The van der Waals surface area contributed by atoms with Gasteiger partial charge in [0, 0.05) is 20.1 Å². The summed E-state index contributed by atoms with van der Waals surface area (Å²) in [5.41, 5.74) is 0.408. The predicted octanol–water partition coefficient (Wildman–Crippen LogP) is 4.00. The third-order valence-electron chi connectivity index (χ3n) is 4.55. The van der Waals surface area contributed by atoms with E-state index in [-0.39, 0.29) is 0 Å². The number of thiophene rings is 1. The highest BCUT2D eigenvalue weighted by Crippen LogP contribution is 2.37. The summed E-state index contributed by atoms with van der Waals surface area (Å²) in [4.78, 5) is 12.7. The number of nitrogens with zero attached hydrogens (tertiary/aromatic N) is 3. The van der Waals surface area contributed by atoms with Gasteiger partial charge in [-0.05, 0) is 35.6 Å². The lowest BCUT2D eigenvalue weighted by molar-refractivity contribution is 0.199. The quantitative estimate of drug-likeness (QED) is 0.910. The van der Waals surface area contributed by atoms with Gasteiger partial charge in [0.1, 0.15) is 10.6 Å². The highest BCUT2D eigenvalue weighted by Gasteiger charge is 2.29.